The predicted octanol–water partition coefficient (Wildman–Crippen LogP) is 2.47. The first kappa shape index (κ1) is 11.2. The second kappa shape index (κ2) is 4.10. The predicted molar refractivity (Wildman–Crippen MR) is 71.7 cm³/mol. The molecule has 0 radical (unpaired) electrons. The van der Waals surface area contributed by atoms with Crippen LogP contribution in [0.25, 0.3) is 16.6 Å². The minimum Gasteiger partial charge on any atom is -0.366 e. The van der Waals surface area contributed by atoms with Gasteiger partial charge in [-0.1, -0.05) is 24.6 Å². The Morgan fingerprint density at radius 1 is 1.33 bits per heavy atom. The highest BCUT2D eigenvalue weighted by Gasteiger charge is 2.13. The Hall–Kier alpha value is -1.88. The molecule has 5 nitrogen and oxygen atoms in total. The molecule has 0 fully saturated rings. The summed E-state index contributed by atoms with van der Waals surface area (Å²) in [6, 6.07) is 5.62. The minimum atomic E-state index is 0.252. The maximum atomic E-state index is 6.19. The second-order valence-corrected chi connectivity index (χ2v) is 4.53. The molecule has 0 aliphatic rings. The van der Waals surface area contributed by atoms with Gasteiger partial charge in [-0.3, -0.25) is 0 Å². The van der Waals surface area contributed by atoms with E-state index in [2.05, 4.69) is 22.0 Å². The van der Waals surface area contributed by atoms with Crippen molar-refractivity contribution in [2.24, 2.45) is 0 Å². The van der Waals surface area contributed by atoms with E-state index in [1.54, 1.807) is 4.52 Å². The number of benzene rings is 1. The molecule has 0 bridgehead atoms. The van der Waals surface area contributed by atoms with E-state index >= 15 is 0 Å². The number of nitrogens with two attached hydrogens (primary N) is 1. The van der Waals surface area contributed by atoms with Crippen LogP contribution >= 0.6 is 11.6 Å². The van der Waals surface area contributed by atoms with Crippen molar-refractivity contribution in [3.63, 3.8) is 0 Å². The second-order valence-electron chi connectivity index (χ2n) is 4.12. The Balaban J connectivity index is 2.48. The van der Waals surface area contributed by atoms with Gasteiger partial charge in [0.2, 0.25) is 5.95 Å². The normalized spacial score (nSPS) is 11.4. The molecule has 0 atom stereocenters. The van der Waals surface area contributed by atoms with E-state index < -0.39 is 0 Å². The third kappa shape index (κ3) is 1.59. The molecule has 0 aliphatic carbocycles. The summed E-state index contributed by atoms with van der Waals surface area (Å²) in [4.78, 5) is 8.84. The maximum Gasteiger partial charge on any atom is 0.240 e. The van der Waals surface area contributed by atoms with Crippen LogP contribution in [-0.2, 0) is 6.42 Å². The summed E-state index contributed by atoms with van der Waals surface area (Å²) in [7, 11) is 0. The lowest BCUT2D eigenvalue weighted by Gasteiger charge is -2.06. The van der Waals surface area contributed by atoms with Crippen LogP contribution in [0.3, 0.4) is 0 Å². The highest BCUT2D eigenvalue weighted by Crippen LogP contribution is 2.25. The fraction of sp³-hybridized carbons (Fsp3) is 0.250. The Kier molecular flexibility index (Phi) is 2.56. The summed E-state index contributed by atoms with van der Waals surface area (Å²) >= 11 is 6.19. The molecule has 3 rings (SSSR count). The standard InChI is InChI=1S/C12H12ClN5/c1-2-4-9-15-10-7(5-3-6-8(10)13)11-16-12(14)17-18(9)11/h3,5-6H,2,4H2,1H3,(H2,14,17). The Bertz CT molecular complexity index is 734. The summed E-state index contributed by atoms with van der Waals surface area (Å²) < 4.78 is 1.71. The number of hydrogen-bond donors (Lipinski definition) is 1. The van der Waals surface area contributed by atoms with Crippen LogP contribution in [0.15, 0.2) is 18.2 Å². The van der Waals surface area contributed by atoms with Crippen molar-refractivity contribution in [2.45, 2.75) is 19.8 Å². The van der Waals surface area contributed by atoms with E-state index in [0.717, 1.165) is 29.6 Å². The van der Waals surface area contributed by atoms with E-state index in [1.165, 1.54) is 0 Å². The van der Waals surface area contributed by atoms with Crippen molar-refractivity contribution in [1.82, 2.24) is 19.6 Å². The van der Waals surface area contributed by atoms with Crippen LogP contribution in [0.2, 0.25) is 5.02 Å². The minimum absolute atomic E-state index is 0.252. The SMILES string of the molecule is CCCc1nc2c(Cl)cccc2c2nc(N)nn12. The summed E-state index contributed by atoms with van der Waals surface area (Å²) in [6.45, 7) is 2.09. The van der Waals surface area contributed by atoms with Crippen LogP contribution in [0, 0.1) is 0 Å². The van der Waals surface area contributed by atoms with Crippen molar-refractivity contribution in [3.05, 3.63) is 29.0 Å². The van der Waals surface area contributed by atoms with E-state index in [1.807, 2.05) is 18.2 Å². The summed E-state index contributed by atoms with van der Waals surface area (Å²) in [5.74, 6) is 1.08. The van der Waals surface area contributed by atoms with Gasteiger partial charge in [0.25, 0.3) is 0 Å². The zero-order valence-corrected chi connectivity index (χ0v) is 10.6. The van der Waals surface area contributed by atoms with E-state index in [-0.39, 0.29) is 5.95 Å². The highest BCUT2D eigenvalue weighted by molar-refractivity contribution is 6.35. The first-order valence-electron chi connectivity index (χ1n) is 5.80. The van der Waals surface area contributed by atoms with Gasteiger partial charge < -0.3 is 5.73 Å². The number of anilines is 1. The average molecular weight is 262 g/mol. The summed E-state index contributed by atoms with van der Waals surface area (Å²) in [5, 5.41) is 5.68. The molecule has 0 aliphatic heterocycles. The van der Waals surface area contributed by atoms with Gasteiger partial charge in [-0.2, -0.15) is 9.50 Å². The molecule has 0 unspecified atom stereocenters. The molecular formula is C12H12ClN5. The smallest absolute Gasteiger partial charge is 0.240 e. The number of aromatic nitrogens is 4. The maximum absolute atomic E-state index is 6.19. The number of halogens is 1. The van der Waals surface area contributed by atoms with Crippen LogP contribution in [0.4, 0.5) is 5.95 Å². The van der Waals surface area contributed by atoms with Crippen molar-refractivity contribution in [3.8, 4) is 0 Å². The third-order valence-corrected chi connectivity index (χ3v) is 3.12. The van der Waals surface area contributed by atoms with E-state index in [9.17, 15) is 0 Å². The molecule has 2 aromatic heterocycles. The molecule has 6 heteroatoms. The number of fused-ring (bicyclic) bond motifs is 3. The summed E-state index contributed by atoms with van der Waals surface area (Å²) in [6.07, 6.45) is 1.78. The lowest BCUT2D eigenvalue weighted by molar-refractivity contribution is 0.772. The first-order valence-corrected chi connectivity index (χ1v) is 6.18. The summed E-state index contributed by atoms with van der Waals surface area (Å²) in [5.41, 5.74) is 7.14. The van der Waals surface area contributed by atoms with Crippen molar-refractivity contribution < 1.29 is 0 Å². The van der Waals surface area contributed by atoms with Crippen LogP contribution in [-0.4, -0.2) is 19.6 Å². The fourth-order valence-electron chi connectivity index (χ4n) is 2.05. The monoisotopic (exact) mass is 261 g/mol. The van der Waals surface area contributed by atoms with Crippen LogP contribution in [0.5, 0.6) is 0 Å². The molecule has 0 saturated heterocycles. The molecule has 92 valence electrons. The molecule has 3 aromatic rings. The highest BCUT2D eigenvalue weighted by atomic mass is 35.5. The molecule has 0 spiro atoms. The van der Waals surface area contributed by atoms with Crippen molar-refractivity contribution >= 4 is 34.1 Å². The average Bonchev–Trinajstić information content (AvgIpc) is 2.73. The number of rotatable bonds is 2. The first-order chi connectivity index (χ1) is 8.70. The Morgan fingerprint density at radius 3 is 2.94 bits per heavy atom. The largest absolute Gasteiger partial charge is 0.366 e. The zero-order valence-electron chi connectivity index (χ0n) is 9.89. The molecule has 0 saturated carbocycles. The quantitative estimate of drug-likeness (QED) is 0.769. The molecule has 0 amide bonds. The van der Waals surface area contributed by atoms with Gasteiger partial charge >= 0.3 is 0 Å². The van der Waals surface area contributed by atoms with Crippen molar-refractivity contribution in [1.29, 1.82) is 0 Å². The van der Waals surface area contributed by atoms with Gasteiger partial charge in [-0.15, -0.1) is 5.10 Å². The van der Waals surface area contributed by atoms with Gasteiger partial charge in [0, 0.05) is 11.8 Å². The lowest BCUT2D eigenvalue weighted by Crippen LogP contribution is -2.03. The molecule has 2 N–H and O–H groups in total. The third-order valence-electron chi connectivity index (χ3n) is 2.81. The van der Waals surface area contributed by atoms with Gasteiger partial charge in [0.15, 0.2) is 5.65 Å². The molecule has 18 heavy (non-hydrogen) atoms. The lowest BCUT2D eigenvalue weighted by atomic mass is 10.2. The number of nitrogens with zero attached hydrogens (tertiary/aromatic N) is 4. The molecule has 2 heterocycles. The van der Waals surface area contributed by atoms with Crippen molar-refractivity contribution in [2.75, 3.05) is 5.73 Å². The van der Waals surface area contributed by atoms with E-state index in [4.69, 9.17) is 17.3 Å². The number of para-hydroxylation sites is 1. The van der Waals surface area contributed by atoms with Gasteiger partial charge in [0.1, 0.15) is 5.82 Å². The molecular weight excluding hydrogens is 250 g/mol. The van der Waals surface area contributed by atoms with Gasteiger partial charge in [-0.05, 0) is 18.6 Å². The van der Waals surface area contributed by atoms with Crippen LogP contribution in [0.1, 0.15) is 19.2 Å². The molecule has 1 aromatic carbocycles. The van der Waals surface area contributed by atoms with Gasteiger partial charge in [0.05, 0.1) is 10.5 Å². The fourth-order valence-corrected chi connectivity index (χ4v) is 2.27. The number of hydrogen-bond acceptors (Lipinski definition) is 4. The van der Waals surface area contributed by atoms with E-state index in [0.29, 0.717) is 10.7 Å². The zero-order chi connectivity index (χ0) is 12.7. The topological polar surface area (TPSA) is 69.1 Å². The number of aryl methyl sites for hydroxylation is 1. The van der Waals surface area contributed by atoms with Gasteiger partial charge in [-0.25, -0.2) is 4.98 Å². The Labute approximate surface area is 109 Å². The Morgan fingerprint density at radius 2 is 2.17 bits per heavy atom. The van der Waals surface area contributed by atoms with Crippen LogP contribution < -0.4 is 5.73 Å². The number of nitrogen functional groups attached to an aromatic ring is 1.